The molecule has 170 valence electrons. The number of hydrogen-bond donors (Lipinski definition) is 1. The van der Waals surface area contributed by atoms with Crippen LogP contribution in [0.2, 0.25) is 0 Å². The Morgan fingerprint density at radius 2 is 1.81 bits per heavy atom. The van der Waals surface area contributed by atoms with Crippen molar-refractivity contribution < 1.29 is 9.53 Å². The maximum Gasteiger partial charge on any atom is 0.239 e. The van der Waals surface area contributed by atoms with E-state index in [2.05, 4.69) is 45.2 Å². The Hall–Kier alpha value is -2.28. The Kier molecular flexibility index (Phi) is 7.33. The average molecular weight is 428 g/mol. The number of hydrogen-bond acceptors (Lipinski definition) is 4. The summed E-state index contributed by atoms with van der Waals surface area (Å²) < 4.78 is 6.04. The number of likely N-dealkylation sites (tertiary alicyclic amines) is 1. The fraction of sp³-hybridized carbons (Fsp3) is 0.667. The third kappa shape index (κ3) is 5.70. The molecule has 1 aromatic carbocycles. The van der Waals surface area contributed by atoms with Crippen molar-refractivity contribution in [1.82, 2.24) is 20.0 Å². The summed E-state index contributed by atoms with van der Waals surface area (Å²) in [5.41, 5.74) is 1.16. The quantitative estimate of drug-likeness (QED) is 0.534. The second kappa shape index (κ2) is 10.4. The average Bonchev–Trinajstić information content (AvgIpc) is 3.48. The maximum absolute atomic E-state index is 12.7. The first-order valence-electron chi connectivity index (χ1n) is 11.8. The minimum Gasteiger partial charge on any atom is -0.493 e. The van der Waals surface area contributed by atoms with E-state index in [-0.39, 0.29) is 11.9 Å². The summed E-state index contributed by atoms with van der Waals surface area (Å²) in [4.78, 5) is 23.9. The van der Waals surface area contributed by atoms with E-state index in [0.717, 1.165) is 81.9 Å². The highest BCUT2D eigenvalue weighted by molar-refractivity contribution is 5.82. The van der Waals surface area contributed by atoms with Crippen molar-refractivity contribution in [1.29, 1.82) is 0 Å². The molecular weight excluding hydrogens is 390 g/mol. The molecule has 1 saturated carbocycles. The topological polar surface area (TPSA) is 60.4 Å². The third-order valence-electron chi connectivity index (χ3n) is 6.73. The number of para-hydroxylation sites is 1. The van der Waals surface area contributed by atoms with Crippen LogP contribution in [0.4, 0.5) is 0 Å². The van der Waals surface area contributed by atoms with Crippen LogP contribution in [0.1, 0.15) is 38.2 Å². The molecule has 1 N–H and O–H groups in total. The molecule has 0 spiro atoms. The van der Waals surface area contributed by atoms with Gasteiger partial charge in [0.2, 0.25) is 5.91 Å². The van der Waals surface area contributed by atoms with Gasteiger partial charge in [-0.1, -0.05) is 18.2 Å². The van der Waals surface area contributed by atoms with Gasteiger partial charge in [0.15, 0.2) is 5.96 Å². The molecule has 2 heterocycles. The van der Waals surface area contributed by atoms with Gasteiger partial charge in [0.05, 0.1) is 12.6 Å². The highest BCUT2D eigenvalue weighted by Gasteiger charge is 2.30. The van der Waals surface area contributed by atoms with E-state index in [1.54, 1.807) is 0 Å². The number of carbonyl (C=O) groups is 1. The van der Waals surface area contributed by atoms with E-state index < -0.39 is 0 Å². The van der Waals surface area contributed by atoms with Gasteiger partial charge in [0.1, 0.15) is 5.75 Å². The molecule has 2 aliphatic heterocycles. The summed E-state index contributed by atoms with van der Waals surface area (Å²) in [5.74, 6) is 2.91. The van der Waals surface area contributed by atoms with Gasteiger partial charge in [0, 0.05) is 58.4 Å². The summed E-state index contributed by atoms with van der Waals surface area (Å²) >= 11 is 0. The molecule has 1 aromatic rings. The fourth-order valence-electron chi connectivity index (χ4n) is 4.47. The predicted molar refractivity (Wildman–Crippen MR) is 123 cm³/mol. The van der Waals surface area contributed by atoms with Crippen molar-refractivity contribution in [3.05, 3.63) is 29.8 Å². The zero-order valence-electron chi connectivity index (χ0n) is 19.1. The first-order valence-corrected chi connectivity index (χ1v) is 11.8. The maximum atomic E-state index is 12.7. The molecule has 1 atom stereocenters. The molecule has 0 bridgehead atoms. The van der Waals surface area contributed by atoms with Gasteiger partial charge in [-0.3, -0.25) is 14.7 Å². The van der Waals surface area contributed by atoms with Crippen LogP contribution in [-0.4, -0.2) is 85.5 Å². The number of carbonyl (C=O) groups excluding carboxylic acids is 1. The molecule has 1 unspecified atom stereocenters. The zero-order valence-corrected chi connectivity index (χ0v) is 19.1. The highest BCUT2D eigenvalue weighted by Crippen LogP contribution is 2.30. The lowest BCUT2D eigenvalue weighted by atomic mass is 10.2. The van der Waals surface area contributed by atoms with Crippen LogP contribution in [0.15, 0.2) is 29.3 Å². The van der Waals surface area contributed by atoms with E-state index in [1.807, 2.05) is 18.0 Å². The second-order valence-electron chi connectivity index (χ2n) is 8.99. The number of ether oxygens (including phenoxy) is 1. The highest BCUT2D eigenvalue weighted by atomic mass is 16.5. The number of guanidine groups is 1. The molecular formula is C24H37N5O2. The van der Waals surface area contributed by atoms with Crippen LogP contribution in [0, 0.1) is 5.92 Å². The van der Waals surface area contributed by atoms with Crippen LogP contribution >= 0.6 is 0 Å². The molecule has 1 aliphatic carbocycles. The Morgan fingerprint density at radius 3 is 2.48 bits per heavy atom. The largest absolute Gasteiger partial charge is 0.493 e. The van der Waals surface area contributed by atoms with Gasteiger partial charge in [-0.05, 0) is 44.6 Å². The van der Waals surface area contributed by atoms with Crippen LogP contribution in [0.25, 0.3) is 0 Å². The van der Waals surface area contributed by atoms with E-state index in [4.69, 9.17) is 4.74 Å². The monoisotopic (exact) mass is 427 g/mol. The number of nitrogens with zero attached hydrogens (tertiary/aromatic N) is 4. The standard InChI is InChI=1S/C24H37N5O2/c1-19(23(30)28-11-5-6-12-28)27-13-15-29(16-14-27)24(25-2)26-17-21-7-3-4-8-22(21)31-18-20-9-10-20/h3-4,7-8,19-20H,5-6,9-18H2,1-2H3,(H,25,26). The Bertz CT molecular complexity index is 765. The summed E-state index contributed by atoms with van der Waals surface area (Å²) in [6.07, 6.45) is 4.87. The van der Waals surface area contributed by atoms with Gasteiger partial charge >= 0.3 is 0 Å². The van der Waals surface area contributed by atoms with Gasteiger partial charge in [-0.2, -0.15) is 0 Å². The smallest absolute Gasteiger partial charge is 0.239 e. The van der Waals surface area contributed by atoms with Crippen molar-refractivity contribution in [2.75, 3.05) is 52.9 Å². The second-order valence-corrected chi connectivity index (χ2v) is 8.99. The SMILES string of the molecule is CN=C(NCc1ccccc1OCC1CC1)N1CCN(C(C)C(=O)N2CCCC2)CC1. The predicted octanol–water partition coefficient (Wildman–Crippen LogP) is 2.18. The van der Waals surface area contributed by atoms with Crippen molar-refractivity contribution in [2.24, 2.45) is 10.9 Å². The summed E-state index contributed by atoms with van der Waals surface area (Å²) in [5, 5.41) is 3.51. The number of rotatable bonds is 7. The lowest BCUT2D eigenvalue weighted by Gasteiger charge is -2.39. The molecule has 1 amide bonds. The van der Waals surface area contributed by atoms with Gasteiger partial charge in [-0.15, -0.1) is 0 Å². The molecule has 2 saturated heterocycles. The number of benzene rings is 1. The third-order valence-corrected chi connectivity index (χ3v) is 6.73. The number of amides is 1. The molecule has 3 fully saturated rings. The Morgan fingerprint density at radius 1 is 1.10 bits per heavy atom. The lowest BCUT2D eigenvalue weighted by molar-refractivity contribution is -0.135. The molecule has 7 nitrogen and oxygen atoms in total. The molecule has 4 rings (SSSR count). The van der Waals surface area contributed by atoms with Crippen LogP contribution in [-0.2, 0) is 11.3 Å². The molecule has 0 aromatic heterocycles. The fourth-order valence-corrected chi connectivity index (χ4v) is 4.47. The van der Waals surface area contributed by atoms with Crippen LogP contribution in [0.3, 0.4) is 0 Å². The van der Waals surface area contributed by atoms with Gasteiger partial charge in [0.25, 0.3) is 0 Å². The normalized spacial score (nSPS) is 21.3. The van der Waals surface area contributed by atoms with E-state index >= 15 is 0 Å². The zero-order chi connectivity index (χ0) is 21.6. The van der Waals surface area contributed by atoms with Gasteiger partial charge in [-0.25, -0.2) is 0 Å². The molecule has 0 radical (unpaired) electrons. The lowest BCUT2D eigenvalue weighted by Crippen LogP contribution is -2.57. The summed E-state index contributed by atoms with van der Waals surface area (Å²) in [6.45, 7) is 8.91. The first-order chi connectivity index (χ1) is 15.2. The molecule has 3 aliphatic rings. The van der Waals surface area contributed by atoms with E-state index in [9.17, 15) is 4.79 Å². The minimum atomic E-state index is -0.0364. The summed E-state index contributed by atoms with van der Waals surface area (Å²) in [6, 6.07) is 8.23. The van der Waals surface area contributed by atoms with Crippen LogP contribution < -0.4 is 10.1 Å². The van der Waals surface area contributed by atoms with Crippen molar-refractivity contribution in [2.45, 2.75) is 45.2 Å². The van der Waals surface area contributed by atoms with E-state index in [1.165, 1.54) is 12.8 Å². The van der Waals surface area contributed by atoms with Crippen LogP contribution in [0.5, 0.6) is 5.75 Å². The van der Waals surface area contributed by atoms with Gasteiger partial charge < -0.3 is 19.9 Å². The number of aliphatic imine (C=N–C) groups is 1. The Balaban J connectivity index is 1.26. The van der Waals surface area contributed by atoms with E-state index in [0.29, 0.717) is 6.54 Å². The first kappa shape index (κ1) is 21.9. The molecule has 31 heavy (non-hydrogen) atoms. The number of nitrogens with one attached hydrogen (secondary N) is 1. The van der Waals surface area contributed by atoms with Crippen molar-refractivity contribution >= 4 is 11.9 Å². The number of piperazine rings is 1. The minimum absolute atomic E-state index is 0.0364. The molecule has 7 heteroatoms. The Labute approximate surface area is 186 Å². The van der Waals surface area contributed by atoms with Crippen molar-refractivity contribution in [3.8, 4) is 5.75 Å². The van der Waals surface area contributed by atoms with Crippen molar-refractivity contribution in [3.63, 3.8) is 0 Å². The summed E-state index contributed by atoms with van der Waals surface area (Å²) in [7, 11) is 1.84.